The molecule has 5 heteroatoms. The van der Waals surface area contributed by atoms with E-state index in [1.807, 2.05) is 0 Å². The van der Waals surface area contributed by atoms with Crippen molar-refractivity contribution in [2.45, 2.75) is 38.1 Å². The molecule has 2 aromatic rings. The summed E-state index contributed by atoms with van der Waals surface area (Å²) in [6.07, 6.45) is 4.89. The topological polar surface area (TPSA) is 55.1 Å². The number of halogens is 1. The Bertz CT molecular complexity index is 624. The predicted molar refractivity (Wildman–Crippen MR) is 95.7 cm³/mol. The number of thiophene rings is 1. The summed E-state index contributed by atoms with van der Waals surface area (Å²) in [4.78, 5) is 11.8. The molecular weight excluding hydrogens is 316 g/mol. The van der Waals surface area contributed by atoms with E-state index in [0.717, 1.165) is 12.8 Å². The molecule has 0 aliphatic heterocycles. The largest absolute Gasteiger partial charge is 0.355 e. The van der Waals surface area contributed by atoms with Crippen LogP contribution in [0.3, 0.4) is 0 Å². The van der Waals surface area contributed by atoms with E-state index in [2.05, 4.69) is 35.0 Å². The van der Waals surface area contributed by atoms with Crippen LogP contribution in [-0.4, -0.2) is 18.5 Å². The van der Waals surface area contributed by atoms with Crippen molar-refractivity contribution < 1.29 is 4.79 Å². The van der Waals surface area contributed by atoms with E-state index >= 15 is 0 Å². The maximum absolute atomic E-state index is 11.8. The SMILES string of the molecule is Cl.NC(CNC(=O)CCCc1csc2ccccc12)C1CC1. The van der Waals surface area contributed by atoms with E-state index in [4.69, 9.17) is 5.73 Å². The second-order valence-electron chi connectivity index (χ2n) is 5.92. The average Bonchev–Trinajstić information content (AvgIpc) is 3.27. The fraction of sp³-hybridized carbons (Fsp3) is 0.471. The summed E-state index contributed by atoms with van der Waals surface area (Å²) in [5.74, 6) is 0.771. The Labute approximate surface area is 141 Å². The first-order valence-electron chi connectivity index (χ1n) is 7.71. The highest BCUT2D eigenvalue weighted by Gasteiger charge is 2.28. The molecule has 1 aliphatic carbocycles. The molecule has 1 saturated carbocycles. The van der Waals surface area contributed by atoms with Gasteiger partial charge < -0.3 is 11.1 Å². The van der Waals surface area contributed by atoms with Gasteiger partial charge in [0.1, 0.15) is 0 Å². The first-order chi connectivity index (χ1) is 10.2. The van der Waals surface area contributed by atoms with Gasteiger partial charge in [-0.15, -0.1) is 23.7 Å². The summed E-state index contributed by atoms with van der Waals surface area (Å²) in [6.45, 7) is 0.630. The molecule has 1 aromatic heterocycles. The standard InChI is InChI=1S/C17H22N2OS.ClH/c18-15(12-8-9-12)10-19-17(20)7-3-4-13-11-21-16-6-2-1-5-14(13)16;/h1-2,5-6,11-12,15H,3-4,7-10,18H2,(H,19,20);1H. The Morgan fingerprint density at radius 1 is 1.36 bits per heavy atom. The quantitative estimate of drug-likeness (QED) is 0.811. The van der Waals surface area contributed by atoms with Crippen molar-refractivity contribution in [3.63, 3.8) is 0 Å². The summed E-state index contributed by atoms with van der Waals surface area (Å²) in [5.41, 5.74) is 7.34. The van der Waals surface area contributed by atoms with Crippen molar-refractivity contribution in [2.24, 2.45) is 11.7 Å². The lowest BCUT2D eigenvalue weighted by atomic mass is 10.1. The minimum absolute atomic E-state index is 0. The van der Waals surface area contributed by atoms with Crippen LogP contribution in [0.25, 0.3) is 10.1 Å². The van der Waals surface area contributed by atoms with Gasteiger partial charge in [-0.05, 0) is 54.0 Å². The second-order valence-corrected chi connectivity index (χ2v) is 6.83. The summed E-state index contributed by atoms with van der Waals surface area (Å²) < 4.78 is 1.33. The van der Waals surface area contributed by atoms with E-state index in [-0.39, 0.29) is 24.4 Å². The molecule has 1 amide bonds. The van der Waals surface area contributed by atoms with E-state index in [0.29, 0.717) is 18.9 Å². The van der Waals surface area contributed by atoms with Crippen LogP contribution in [0.4, 0.5) is 0 Å². The highest BCUT2D eigenvalue weighted by Crippen LogP contribution is 2.31. The molecule has 0 saturated heterocycles. The van der Waals surface area contributed by atoms with Crippen LogP contribution in [0.1, 0.15) is 31.2 Å². The van der Waals surface area contributed by atoms with Crippen LogP contribution in [0, 0.1) is 5.92 Å². The molecule has 1 aromatic carbocycles. The average molecular weight is 339 g/mol. The fourth-order valence-corrected chi connectivity index (χ4v) is 3.67. The predicted octanol–water partition coefficient (Wildman–Crippen LogP) is 3.50. The van der Waals surface area contributed by atoms with Gasteiger partial charge in [-0.3, -0.25) is 4.79 Å². The normalized spacial score (nSPS) is 15.3. The molecule has 3 rings (SSSR count). The van der Waals surface area contributed by atoms with E-state index in [1.54, 1.807) is 11.3 Å². The molecule has 1 fully saturated rings. The highest BCUT2D eigenvalue weighted by molar-refractivity contribution is 7.17. The van der Waals surface area contributed by atoms with Crippen LogP contribution in [-0.2, 0) is 11.2 Å². The van der Waals surface area contributed by atoms with Crippen molar-refractivity contribution in [2.75, 3.05) is 6.54 Å². The number of fused-ring (bicyclic) bond motifs is 1. The Balaban J connectivity index is 0.00000176. The first-order valence-corrected chi connectivity index (χ1v) is 8.59. The van der Waals surface area contributed by atoms with E-state index in [9.17, 15) is 4.79 Å². The van der Waals surface area contributed by atoms with Crippen LogP contribution in [0.5, 0.6) is 0 Å². The van der Waals surface area contributed by atoms with Gasteiger partial charge in [-0.25, -0.2) is 0 Å². The molecule has 0 spiro atoms. The van der Waals surface area contributed by atoms with Crippen molar-refractivity contribution in [3.05, 3.63) is 35.2 Å². The minimum atomic E-state index is 0. The van der Waals surface area contributed by atoms with Crippen LogP contribution >= 0.6 is 23.7 Å². The van der Waals surface area contributed by atoms with Crippen molar-refractivity contribution >= 4 is 39.7 Å². The van der Waals surface area contributed by atoms with Gasteiger partial charge >= 0.3 is 0 Å². The van der Waals surface area contributed by atoms with E-state index < -0.39 is 0 Å². The molecule has 1 aliphatic rings. The number of carbonyl (C=O) groups excluding carboxylic acids is 1. The zero-order valence-electron chi connectivity index (χ0n) is 12.6. The van der Waals surface area contributed by atoms with Gasteiger partial charge in [0.25, 0.3) is 0 Å². The molecule has 1 unspecified atom stereocenters. The maximum atomic E-state index is 11.8. The smallest absolute Gasteiger partial charge is 0.220 e. The lowest BCUT2D eigenvalue weighted by Gasteiger charge is -2.11. The molecular formula is C17H23ClN2OS. The number of nitrogens with two attached hydrogens (primary N) is 1. The Morgan fingerprint density at radius 3 is 2.91 bits per heavy atom. The molecule has 1 atom stereocenters. The first kappa shape index (κ1) is 17.3. The summed E-state index contributed by atoms with van der Waals surface area (Å²) in [6, 6.07) is 8.60. The van der Waals surface area contributed by atoms with Gasteiger partial charge in [-0.1, -0.05) is 18.2 Å². The Morgan fingerprint density at radius 2 is 2.14 bits per heavy atom. The zero-order chi connectivity index (χ0) is 14.7. The molecule has 120 valence electrons. The lowest BCUT2D eigenvalue weighted by Crippen LogP contribution is -2.38. The third-order valence-corrected chi connectivity index (χ3v) is 5.19. The summed E-state index contributed by atoms with van der Waals surface area (Å²) >= 11 is 1.78. The third kappa shape index (κ3) is 4.45. The molecule has 1 heterocycles. The Kier molecular flexibility index (Phi) is 6.24. The number of hydrogen-bond acceptors (Lipinski definition) is 3. The maximum Gasteiger partial charge on any atom is 0.220 e. The highest BCUT2D eigenvalue weighted by atomic mass is 35.5. The Hall–Kier alpha value is -1.10. The fourth-order valence-electron chi connectivity index (χ4n) is 2.68. The number of aryl methyl sites for hydroxylation is 1. The number of hydrogen-bond donors (Lipinski definition) is 2. The van der Waals surface area contributed by atoms with Crippen molar-refractivity contribution in [1.82, 2.24) is 5.32 Å². The van der Waals surface area contributed by atoms with Gasteiger partial charge in [0.05, 0.1) is 0 Å². The molecule has 22 heavy (non-hydrogen) atoms. The number of nitrogens with one attached hydrogen (secondary N) is 1. The zero-order valence-corrected chi connectivity index (χ0v) is 14.2. The molecule has 3 nitrogen and oxygen atoms in total. The van der Waals surface area contributed by atoms with Crippen LogP contribution < -0.4 is 11.1 Å². The second kappa shape index (κ2) is 7.95. The third-order valence-electron chi connectivity index (χ3n) is 4.17. The molecule has 0 radical (unpaired) electrons. The monoisotopic (exact) mass is 338 g/mol. The van der Waals surface area contributed by atoms with Gasteiger partial charge in [0.2, 0.25) is 5.91 Å². The number of benzene rings is 1. The van der Waals surface area contributed by atoms with Gasteiger partial charge in [-0.2, -0.15) is 0 Å². The van der Waals surface area contributed by atoms with E-state index in [1.165, 1.54) is 28.5 Å². The number of amides is 1. The summed E-state index contributed by atoms with van der Waals surface area (Å²) in [5, 5.41) is 6.51. The van der Waals surface area contributed by atoms with Crippen molar-refractivity contribution in [3.8, 4) is 0 Å². The lowest BCUT2D eigenvalue weighted by molar-refractivity contribution is -0.121. The van der Waals surface area contributed by atoms with Crippen LogP contribution in [0.15, 0.2) is 29.6 Å². The van der Waals surface area contributed by atoms with Crippen LogP contribution in [0.2, 0.25) is 0 Å². The minimum Gasteiger partial charge on any atom is -0.355 e. The molecule has 3 N–H and O–H groups in total. The summed E-state index contributed by atoms with van der Waals surface area (Å²) in [7, 11) is 0. The van der Waals surface area contributed by atoms with Crippen molar-refractivity contribution in [1.29, 1.82) is 0 Å². The molecule has 0 bridgehead atoms. The number of carbonyl (C=O) groups is 1. The van der Waals surface area contributed by atoms with Gasteiger partial charge in [0, 0.05) is 23.7 Å². The van der Waals surface area contributed by atoms with Gasteiger partial charge in [0.15, 0.2) is 0 Å². The number of rotatable bonds is 7.